The number of hydrogen-bond donors (Lipinski definition) is 0. The standard InChI is InChI=1S/C15H16N2O.C15H16N2S.C14H14N2O.C14H14N2S.C10H16N2O/c2*1-10-5-6-12-13(7-10)18-14(17-12)11(9-16)8-15(2,3)4;2*1-14(2,3)8-10(9-15)13-16-11-6-4-5-7-12(11)17-13;1-7-11-8(6-10(2,3)4)9(13)12(7)5/h2*5-8H,1-4H3;2*4-8H,1-3H3;6H,1-5H3/b2*11-8+;2*10-8+;8-6-. The highest BCUT2D eigenvalue weighted by Gasteiger charge is 2.25. The smallest absolute Gasteiger partial charge is 0.277 e. The number of benzene rings is 4. The van der Waals surface area contributed by atoms with Gasteiger partial charge in [-0.15, -0.1) is 22.7 Å². The zero-order valence-electron chi connectivity index (χ0n) is 51.5. The summed E-state index contributed by atoms with van der Waals surface area (Å²) in [5.74, 6) is 1.55. The van der Waals surface area contributed by atoms with Crippen molar-refractivity contribution in [3.05, 3.63) is 154 Å². The van der Waals surface area contributed by atoms with Crippen LogP contribution in [0.5, 0.6) is 0 Å². The summed E-state index contributed by atoms with van der Waals surface area (Å²) in [6, 6.07) is 36.2. The van der Waals surface area contributed by atoms with Gasteiger partial charge in [-0.2, -0.15) is 21.0 Å². The Kier molecular flexibility index (Phi) is 21.2. The molecule has 0 unspecified atom stereocenters. The van der Waals surface area contributed by atoms with Crippen LogP contribution < -0.4 is 0 Å². The fourth-order valence-electron chi connectivity index (χ4n) is 7.69. The Morgan fingerprint density at radius 2 is 0.880 bits per heavy atom. The Morgan fingerprint density at radius 3 is 1.31 bits per heavy atom. The molecular weight excluding hydrogens is 1070 g/mol. The van der Waals surface area contributed by atoms with Crippen molar-refractivity contribution in [3.63, 3.8) is 0 Å². The van der Waals surface area contributed by atoms with E-state index in [0.717, 1.165) is 58.5 Å². The quantitative estimate of drug-likeness (QED) is 0.120. The van der Waals surface area contributed by atoms with Gasteiger partial charge in [0.1, 0.15) is 68.0 Å². The Hall–Kier alpha value is -8.60. The molecule has 1 aliphatic rings. The van der Waals surface area contributed by atoms with Gasteiger partial charge in [0.05, 0.1) is 31.6 Å². The van der Waals surface area contributed by atoms with Crippen molar-refractivity contribution in [3.8, 4) is 24.3 Å². The van der Waals surface area contributed by atoms with Crippen LogP contribution in [-0.4, -0.2) is 43.6 Å². The van der Waals surface area contributed by atoms with Gasteiger partial charge in [-0.3, -0.25) is 9.69 Å². The summed E-state index contributed by atoms with van der Waals surface area (Å²) in [5, 5.41) is 38.5. The third kappa shape index (κ3) is 20.1. The van der Waals surface area contributed by atoms with E-state index >= 15 is 0 Å². The number of amides is 1. The highest BCUT2D eigenvalue weighted by atomic mass is 32.1. The molecule has 5 heterocycles. The average molecular weight is 1150 g/mol. The number of nitriles is 4. The second-order valence-corrected chi connectivity index (χ2v) is 27.6. The molecule has 8 aromatic rings. The number of para-hydroxylation sites is 3. The van der Waals surface area contributed by atoms with E-state index in [0.29, 0.717) is 45.4 Å². The summed E-state index contributed by atoms with van der Waals surface area (Å²) in [4.78, 5) is 35.0. The molecule has 4 aromatic heterocycles. The number of oxazole rings is 2. The molecule has 0 spiro atoms. The summed E-state index contributed by atoms with van der Waals surface area (Å²) >= 11 is 3.15. The third-order valence-electron chi connectivity index (χ3n) is 11.2. The largest absolute Gasteiger partial charge is 0.435 e. The maximum Gasteiger partial charge on any atom is 0.277 e. The molecule has 1 aliphatic heterocycles. The Morgan fingerprint density at radius 1 is 0.482 bits per heavy atom. The van der Waals surface area contributed by atoms with Crippen molar-refractivity contribution in [2.24, 2.45) is 32.1 Å². The SMILES string of the molecule is CC(C)(C)/C=C(\C#N)c1nc2ccccc2o1.CC(C)(C)/C=C(\C#N)c1nc2ccccc2s1.CC1=N/C(=C\C(C)(C)C)C(=O)N1C.Cc1ccc2nc(/C(C#N)=C/C(C)(C)C)oc2c1.Cc1ccc2nc(/C(C#N)=C/C(C)(C)C)sc2c1. The molecule has 0 fully saturated rings. The first kappa shape index (κ1) is 65.2. The molecule has 13 nitrogen and oxygen atoms in total. The monoisotopic (exact) mass is 1140 g/mol. The Labute approximate surface area is 498 Å². The van der Waals surface area contributed by atoms with Crippen molar-refractivity contribution in [2.45, 2.75) is 125 Å². The van der Waals surface area contributed by atoms with E-state index in [1.165, 1.54) is 5.56 Å². The van der Waals surface area contributed by atoms with Crippen LogP contribution in [0.15, 0.2) is 135 Å². The number of likely N-dealkylation sites (N-methyl/N-ethyl adjacent to an activating group) is 1. The number of carbonyl (C=O) groups excluding carboxylic acids is 1. The second kappa shape index (κ2) is 27.0. The predicted molar refractivity (Wildman–Crippen MR) is 342 cm³/mol. The minimum atomic E-state index is -0.0817. The third-order valence-corrected chi connectivity index (χ3v) is 13.4. The van der Waals surface area contributed by atoms with Gasteiger partial charge in [-0.25, -0.2) is 24.9 Å². The molecule has 0 saturated heterocycles. The molecule has 15 heteroatoms. The van der Waals surface area contributed by atoms with E-state index in [-0.39, 0.29) is 33.0 Å². The molecule has 0 radical (unpaired) electrons. The number of amidine groups is 1. The van der Waals surface area contributed by atoms with Crippen molar-refractivity contribution in [1.82, 2.24) is 24.8 Å². The van der Waals surface area contributed by atoms with E-state index in [9.17, 15) is 20.6 Å². The number of aromatic nitrogens is 4. The number of thiazole rings is 2. The van der Waals surface area contributed by atoms with E-state index in [1.54, 1.807) is 34.6 Å². The van der Waals surface area contributed by atoms with Crippen LogP contribution in [0.4, 0.5) is 0 Å². The highest BCUT2D eigenvalue weighted by Crippen LogP contribution is 2.33. The summed E-state index contributed by atoms with van der Waals surface area (Å²) in [6.07, 6.45) is 9.62. The lowest BCUT2D eigenvalue weighted by Crippen LogP contribution is -2.25. The minimum absolute atomic E-state index is 0.0000463. The summed E-state index contributed by atoms with van der Waals surface area (Å²) in [7, 11) is 1.74. The molecule has 428 valence electrons. The first-order valence-electron chi connectivity index (χ1n) is 27.1. The number of rotatable bonds is 4. The van der Waals surface area contributed by atoms with E-state index in [2.05, 4.69) is 125 Å². The van der Waals surface area contributed by atoms with Gasteiger partial charge >= 0.3 is 0 Å². The summed E-state index contributed by atoms with van der Waals surface area (Å²) < 4.78 is 13.5. The number of allylic oxidation sites excluding steroid dienone is 9. The molecule has 0 atom stereocenters. The van der Waals surface area contributed by atoms with Crippen LogP contribution in [0.25, 0.3) is 64.9 Å². The van der Waals surface area contributed by atoms with E-state index < -0.39 is 0 Å². The fraction of sp³-hybridized carbons (Fsp3) is 0.353. The maximum absolute atomic E-state index is 11.5. The number of fused-ring (bicyclic) bond motifs is 4. The molecule has 0 N–H and O–H groups in total. The lowest BCUT2D eigenvalue weighted by atomic mass is 9.94. The van der Waals surface area contributed by atoms with Crippen LogP contribution in [0, 0.1) is 86.2 Å². The van der Waals surface area contributed by atoms with Crippen molar-refractivity contribution in [2.75, 3.05) is 7.05 Å². The van der Waals surface area contributed by atoms with Crippen LogP contribution in [0.3, 0.4) is 0 Å². The molecule has 9 rings (SSSR count). The first-order chi connectivity index (χ1) is 38.6. The van der Waals surface area contributed by atoms with E-state index in [1.807, 2.05) is 165 Å². The number of hydrogen-bond acceptors (Lipinski definition) is 14. The van der Waals surface area contributed by atoms with E-state index in [4.69, 9.17) is 14.1 Å². The maximum atomic E-state index is 11.5. The molecule has 0 saturated carbocycles. The fourth-order valence-corrected chi connectivity index (χ4v) is 9.65. The summed E-state index contributed by atoms with van der Waals surface area (Å²) in [5.41, 5.74) is 9.92. The Bertz CT molecular complexity index is 3720. The number of nitrogens with zero attached hydrogens (tertiary/aromatic N) is 10. The van der Waals surface area contributed by atoms with Crippen LogP contribution in [-0.2, 0) is 4.79 Å². The second-order valence-electron chi connectivity index (χ2n) is 25.5. The van der Waals surface area contributed by atoms with Crippen LogP contribution in [0.2, 0.25) is 0 Å². The first-order valence-corrected chi connectivity index (χ1v) is 28.8. The zero-order valence-corrected chi connectivity index (χ0v) is 53.1. The summed E-state index contributed by atoms with van der Waals surface area (Å²) in [6.45, 7) is 36.8. The molecule has 4 aromatic carbocycles. The minimum Gasteiger partial charge on any atom is -0.435 e. The average Bonchev–Trinajstić information content (AvgIpc) is 4.31. The Balaban J connectivity index is 0.000000191. The zero-order chi connectivity index (χ0) is 61.8. The molecule has 0 bridgehead atoms. The van der Waals surface area contributed by atoms with Crippen molar-refractivity contribution < 1.29 is 13.6 Å². The lowest BCUT2D eigenvalue weighted by Gasteiger charge is -2.12. The van der Waals surface area contributed by atoms with Gasteiger partial charge in [0.25, 0.3) is 5.91 Å². The number of aliphatic imine (C=N–C) groups is 1. The van der Waals surface area contributed by atoms with Crippen LogP contribution >= 0.6 is 22.7 Å². The number of carbonyl (C=O) groups is 1. The van der Waals surface area contributed by atoms with Gasteiger partial charge in [0.15, 0.2) is 11.2 Å². The lowest BCUT2D eigenvalue weighted by molar-refractivity contribution is -0.121. The molecular formula is C68H76N10O3S2. The van der Waals surface area contributed by atoms with Crippen molar-refractivity contribution in [1.29, 1.82) is 21.0 Å². The van der Waals surface area contributed by atoms with Gasteiger partial charge in [0, 0.05) is 7.05 Å². The molecule has 83 heavy (non-hydrogen) atoms. The highest BCUT2D eigenvalue weighted by molar-refractivity contribution is 7.20. The van der Waals surface area contributed by atoms with Gasteiger partial charge < -0.3 is 8.83 Å². The van der Waals surface area contributed by atoms with Gasteiger partial charge in [-0.05, 0) is 114 Å². The van der Waals surface area contributed by atoms with Gasteiger partial charge in [-0.1, -0.05) is 165 Å². The molecule has 0 aliphatic carbocycles. The van der Waals surface area contributed by atoms with Gasteiger partial charge in [0.2, 0.25) is 11.8 Å². The van der Waals surface area contributed by atoms with Crippen molar-refractivity contribution >= 4 is 99.3 Å². The van der Waals surface area contributed by atoms with Crippen LogP contribution in [0.1, 0.15) is 144 Å². The molecule has 1 amide bonds. The predicted octanol–water partition coefficient (Wildman–Crippen LogP) is 18.5. The topological polar surface area (TPSA) is 206 Å². The normalized spacial score (nSPS) is 14.1. The number of aryl methyl sites for hydroxylation is 2.